The quantitative estimate of drug-likeness (QED) is 0.868. The minimum absolute atomic E-state index is 0.606. The number of anilines is 1. The summed E-state index contributed by atoms with van der Waals surface area (Å²) in [6.07, 6.45) is 6.34. The Morgan fingerprint density at radius 3 is 2.81 bits per heavy atom. The van der Waals surface area contributed by atoms with Gasteiger partial charge in [0.05, 0.1) is 24.5 Å². The number of aryl methyl sites for hydroxylation is 2. The van der Waals surface area contributed by atoms with Crippen LogP contribution in [-0.4, -0.2) is 40.2 Å². The molecule has 1 aromatic carbocycles. The molecule has 0 saturated heterocycles. The second kappa shape index (κ2) is 7.80. The summed E-state index contributed by atoms with van der Waals surface area (Å²) >= 11 is 0. The molecule has 0 radical (unpaired) electrons. The van der Waals surface area contributed by atoms with Crippen molar-refractivity contribution in [2.24, 2.45) is 10.9 Å². The lowest BCUT2D eigenvalue weighted by Gasteiger charge is -2.39. The molecule has 0 amide bonds. The first-order valence-electron chi connectivity index (χ1n) is 10.2. The first kappa shape index (κ1) is 18.2. The number of guanidine groups is 1. The fourth-order valence-electron chi connectivity index (χ4n) is 4.30. The molecule has 1 aliphatic heterocycles. The number of hydrogen-bond acceptors (Lipinski definition) is 6. The molecule has 27 heavy (non-hydrogen) atoms. The summed E-state index contributed by atoms with van der Waals surface area (Å²) in [5.41, 5.74) is 3.27. The van der Waals surface area contributed by atoms with Crippen molar-refractivity contribution < 1.29 is 0 Å². The van der Waals surface area contributed by atoms with E-state index < -0.39 is 0 Å². The van der Waals surface area contributed by atoms with Crippen molar-refractivity contribution in [3.8, 4) is 0 Å². The van der Waals surface area contributed by atoms with E-state index in [2.05, 4.69) is 57.5 Å². The second-order valence-electron chi connectivity index (χ2n) is 7.86. The molecule has 0 bridgehead atoms. The Balaban J connectivity index is 1.46. The highest BCUT2D eigenvalue weighted by Crippen LogP contribution is 2.28. The molecule has 2 N–H and O–H groups in total. The van der Waals surface area contributed by atoms with Gasteiger partial charge in [-0.25, -0.2) is 15.0 Å². The van der Waals surface area contributed by atoms with E-state index in [1.54, 1.807) is 0 Å². The monoisotopic (exact) mass is 366 g/mol. The molecule has 6 nitrogen and oxygen atoms in total. The third kappa shape index (κ3) is 3.90. The van der Waals surface area contributed by atoms with Crippen LogP contribution in [0.4, 0.5) is 5.95 Å². The van der Waals surface area contributed by atoms with E-state index in [1.807, 2.05) is 6.92 Å². The molecule has 2 atom stereocenters. The molecule has 1 aliphatic carbocycles. The van der Waals surface area contributed by atoms with Gasteiger partial charge in [-0.3, -0.25) is 10.2 Å². The van der Waals surface area contributed by atoms with Crippen LogP contribution in [0.25, 0.3) is 10.9 Å². The van der Waals surface area contributed by atoms with E-state index in [4.69, 9.17) is 4.99 Å². The number of hydrogen-bond donors (Lipinski definition) is 2. The highest BCUT2D eigenvalue weighted by atomic mass is 15.4. The molecule has 2 aliphatic rings. The molecule has 1 saturated carbocycles. The Kier molecular flexibility index (Phi) is 5.25. The third-order valence-corrected chi connectivity index (χ3v) is 5.98. The van der Waals surface area contributed by atoms with Gasteiger partial charge < -0.3 is 5.32 Å². The zero-order chi connectivity index (χ0) is 18.8. The van der Waals surface area contributed by atoms with Crippen LogP contribution >= 0.6 is 0 Å². The van der Waals surface area contributed by atoms with Crippen molar-refractivity contribution in [3.05, 3.63) is 29.5 Å². The maximum Gasteiger partial charge on any atom is 0.230 e. The maximum absolute atomic E-state index is 4.69. The van der Waals surface area contributed by atoms with Gasteiger partial charge in [0.15, 0.2) is 0 Å². The Labute approximate surface area is 161 Å². The molecule has 144 valence electrons. The highest BCUT2D eigenvalue weighted by Gasteiger charge is 2.28. The van der Waals surface area contributed by atoms with E-state index in [1.165, 1.54) is 31.2 Å². The van der Waals surface area contributed by atoms with Crippen LogP contribution in [0, 0.1) is 12.8 Å². The zero-order valence-corrected chi connectivity index (χ0v) is 16.6. The summed E-state index contributed by atoms with van der Waals surface area (Å²) in [4.78, 5) is 16.5. The number of benzene rings is 1. The largest absolute Gasteiger partial charge is 0.343 e. The average molecular weight is 367 g/mol. The molecule has 2 heterocycles. The molecule has 6 heteroatoms. The summed E-state index contributed by atoms with van der Waals surface area (Å²) in [6.45, 7) is 8.13. The summed E-state index contributed by atoms with van der Waals surface area (Å²) in [6, 6.07) is 7.05. The number of rotatable bonds is 3. The van der Waals surface area contributed by atoms with Crippen molar-refractivity contribution in [3.63, 3.8) is 0 Å². The summed E-state index contributed by atoms with van der Waals surface area (Å²) in [7, 11) is 0. The van der Waals surface area contributed by atoms with Crippen molar-refractivity contribution in [1.29, 1.82) is 0 Å². The SMILES string of the molecule is CCc1ccc2nc(NC3=NCN(C4CCCCC4C)CN3)nc(C)c2c1. The first-order chi connectivity index (χ1) is 13.1. The number of aliphatic imine (C=N–C) groups is 1. The minimum atomic E-state index is 0.606. The lowest BCUT2D eigenvalue weighted by molar-refractivity contribution is 0.107. The lowest BCUT2D eigenvalue weighted by Crippen LogP contribution is -2.52. The van der Waals surface area contributed by atoms with Gasteiger partial charge in [0.1, 0.15) is 0 Å². The fraction of sp³-hybridized carbons (Fsp3) is 0.571. The van der Waals surface area contributed by atoms with E-state index >= 15 is 0 Å². The minimum Gasteiger partial charge on any atom is -0.343 e. The number of fused-ring (bicyclic) bond motifs is 1. The van der Waals surface area contributed by atoms with Gasteiger partial charge in [-0.1, -0.05) is 32.8 Å². The van der Waals surface area contributed by atoms with Crippen LogP contribution < -0.4 is 10.6 Å². The second-order valence-corrected chi connectivity index (χ2v) is 7.86. The molecule has 1 aromatic heterocycles. The lowest BCUT2D eigenvalue weighted by atomic mass is 9.85. The normalized spacial score (nSPS) is 23.7. The van der Waals surface area contributed by atoms with Crippen LogP contribution in [0.15, 0.2) is 23.2 Å². The van der Waals surface area contributed by atoms with Gasteiger partial charge in [-0.15, -0.1) is 0 Å². The van der Waals surface area contributed by atoms with E-state index in [9.17, 15) is 0 Å². The van der Waals surface area contributed by atoms with Crippen molar-refractivity contribution in [2.45, 2.75) is 58.9 Å². The molecule has 2 aromatic rings. The molecule has 2 unspecified atom stereocenters. The zero-order valence-electron chi connectivity index (χ0n) is 16.6. The summed E-state index contributed by atoms with van der Waals surface area (Å²) in [5, 5.41) is 7.79. The van der Waals surface area contributed by atoms with Crippen LogP contribution in [0.5, 0.6) is 0 Å². The predicted octanol–water partition coefficient (Wildman–Crippen LogP) is 3.67. The first-order valence-corrected chi connectivity index (χ1v) is 10.2. The van der Waals surface area contributed by atoms with Gasteiger partial charge >= 0.3 is 0 Å². The molecular weight excluding hydrogens is 336 g/mol. The maximum atomic E-state index is 4.69. The standard InChI is InChI=1S/C21H30N6/c1-4-16-9-10-18-17(11-16)15(3)24-21(25-18)26-20-22-12-27(13-23-20)19-8-6-5-7-14(19)2/h9-11,14,19H,4-8,12-13H2,1-3H3,(H2,22,23,24,25,26). The Morgan fingerprint density at radius 1 is 1.22 bits per heavy atom. The van der Waals surface area contributed by atoms with Crippen LogP contribution in [0.2, 0.25) is 0 Å². The summed E-state index contributed by atoms with van der Waals surface area (Å²) in [5.74, 6) is 2.12. The van der Waals surface area contributed by atoms with Crippen molar-refractivity contribution in [1.82, 2.24) is 20.2 Å². The number of nitrogens with zero attached hydrogens (tertiary/aromatic N) is 4. The fourth-order valence-corrected chi connectivity index (χ4v) is 4.30. The number of nitrogens with one attached hydrogen (secondary N) is 2. The smallest absolute Gasteiger partial charge is 0.230 e. The Morgan fingerprint density at radius 2 is 2.07 bits per heavy atom. The van der Waals surface area contributed by atoms with Gasteiger partial charge in [0.25, 0.3) is 0 Å². The van der Waals surface area contributed by atoms with Gasteiger partial charge in [0, 0.05) is 11.4 Å². The van der Waals surface area contributed by atoms with E-state index in [-0.39, 0.29) is 0 Å². The van der Waals surface area contributed by atoms with Crippen molar-refractivity contribution in [2.75, 3.05) is 18.7 Å². The molecular formula is C21H30N6. The Hall–Kier alpha value is -2.21. The number of aromatic nitrogens is 2. The van der Waals surface area contributed by atoms with Gasteiger partial charge in [-0.2, -0.15) is 0 Å². The van der Waals surface area contributed by atoms with E-state index in [0.29, 0.717) is 12.0 Å². The van der Waals surface area contributed by atoms with E-state index in [0.717, 1.165) is 48.2 Å². The Bertz CT molecular complexity index is 846. The summed E-state index contributed by atoms with van der Waals surface area (Å²) < 4.78 is 0. The van der Waals surface area contributed by atoms with Crippen molar-refractivity contribution >= 4 is 22.8 Å². The molecule has 0 spiro atoms. The topological polar surface area (TPSA) is 65.4 Å². The predicted molar refractivity (Wildman–Crippen MR) is 111 cm³/mol. The third-order valence-electron chi connectivity index (χ3n) is 5.98. The van der Waals surface area contributed by atoms with Gasteiger partial charge in [0.2, 0.25) is 11.9 Å². The van der Waals surface area contributed by atoms with Crippen LogP contribution in [0.1, 0.15) is 50.8 Å². The van der Waals surface area contributed by atoms with Crippen LogP contribution in [-0.2, 0) is 6.42 Å². The highest BCUT2D eigenvalue weighted by molar-refractivity contribution is 5.93. The van der Waals surface area contributed by atoms with Gasteiger partial charge in [-0.05, 0) is 49.8 Å². The molecule has 1 fully saturated rings. The van der Waals surface area contributed by atoms with Crippen LogP contribution in [0.3, 0.4) is 0 Å². The average Bonchev–Trinajstić information content (AvgIpc) is 2.69. The molecule has 4 rings (SSSR count).